The molecule has 4 heteroatoms. The minimum absolute atomic E-state index is 0.0180. The summed E-state index contributed by atoms with van der Waals surface area (Å²) in [6.07, 6.45) is 3.67. The van der Waals surface area contributed by atoms with E-state index in [0.717, 1.165) is 16.7 Å². The summed E-state index contributed by atoms with van der Waals surface area (Å²) < 4.78 is 1.85. The van der Waals surface area contributed by atoms with Crippen molar-refractivity contribution in [2.24, 2.45) is 0 Å². The second-order valence-electron chi connectivity index (χ2n) is 5.82. The second-order valence-corrected chi connectivity index (χ2v) is 5.82. The highest BCUT2D eigenvalue weighted by molar-refractivity contribution is 6.07. The molecule has 0 aliphatic carbocycles. The smallest absolute Gasteiger partial charge is 0.212 e. The molecule has 0 bridgehead atoms. The summed E-state index contributed by atoms with van der Waals surface area (Å²) in [6.45, 7) is -0.0180. The van der Waals surface area contributed by atoms with Crippen LogP contribution in [0, 0.1) is 0 Å². The van der Waals surface area contributed by atoms with Gasteiger partial charge in [-0.2, -0.15) is 0 Å². The normalized spacial score (nSPS) is 10.9. The molecular formula is C21H16N2O2. The maximum absolute atomic E-state index is 12.6. The Labute approximate surface area is 145 Å². The van der Waals surface area contributed by atoms with Crippen LogP contribution in [0.2, 0.25) is 0 Å². The molecule has 0 radical (unpaired) electrons. The van der Waals surface area contributed by atoms with Crippen molar-refractivity contribution in [2.75, 3.05) is 0 Å². The molecular weight excluding hydrogens is 312 g/mol. The topological polar surface area (TPSA) is 54.6 Å². The lowest BCUT2D eigenvalue weighted by Gasteiger charge is -2.07. The van der Waals surface area contributed by atoms with Crippen molar-refractivity contribution < 1.29 is 9.90 Å². The van der Waals surface area contributed by atoms with E-state index in [1.165, 1.54) is 0 Å². The molecule has 0 aliphatic rings. The van der Waals surface area contributed by atoms with Gasteiger partial charge >= 0.3 is 0 Å². The maximum atomic E-state index is 12.6. The number of carbonyl (C=O) groups excluding carboxylic acids is 1. The Kier molecular flexibility index (Phi) is 3.88. The summed E-state index contributed by atoms with van der Waals surface area (Å²) in [5.74, 6) is -0.0957. The number of hydrogen-bond donors (Lipinski definition) is 1. The summed E-state index contributed by atoms with van der Waals surface area (Å²) in [7, 11) is 0. The lowest BCUT2D eigenvalue weighted by Crippen LogP contribution is -2.00. The molecule has 25 heavy (non-hydrogen) atoms. The number of benzene rings is 2. The van der Waals surface area contributed by atoms with Crippen molar-refractivity contribution in [2.45, 2.75) is 6.61 Å². The van der Waals surface area contributed by atoms with Gasteiger partial charge in [-0.3, -0.25) is 4.79 Å². The lowest BCUT2D eigenvalue weighted by molar-refractivity contribution is 0.103. The van der Waals surface area contributed by atoms with Crippen molar-refractivity contribution in [3.63, 3.8) is 0 Å². The summed E-state index contributed by atoms with van der Waals surface area (Å²) in [5, 5.41) is 9.53. The van der Waals surface area contributed by atoms with E-state index in [4.69, 9.17) is 0 Å². The van der Waals surface area contributed by atoms with E-state index in [1.54, 1.807) is 18.3 Å². The fourth-order valence-corrected chi connectivity index (χ4v) is 2.94. The fraction of sp³-hybridized carbons (Fsp3) is 0.0476. The molecule has 0 spiro atoms. The standard InChI is InChI=1S/C21H16N2O2/c24-14-17-8-4-5-9-18(17)16-10-11-20-22-19(13-23(20)12-16)21(25)15-6-2-1-3-7-15/h1-13,24H,14H2. The summed E-state index contributed by atoms with van der Waals surface area (Å²) in [5.41, 5.74) is 4.55. The minimum atomic E-state index is -0.0957. The van der Waals surface area contributed by atoms with Crippen LogP contribution >= 0.6 is 0 Å². The zero-order chi connectivity index (χ0) is 17.2. The van der Waals surface area contributed by atoms with Gasteiger partial charge < -0.3 is 9.51 Å². The molecule has 4 aromatic rings. The Morgan fingerprint density at radius 3 is 2.48 bits per heavy atom. The number of nitrogens with zero attached hydrogens (tertiary/aromatic N) is 2. The first-order chi connectivity index (χ1) is 12.3. The van der Waals surface area contributed by atoms with Crippen LogP contribution in [-0.2, 0) is 6.61 Å². The van der Waals surface area contributed by atoms with Crippen LogP contribution in [0.1, 0.15) is 21.6 Å². The maximum Gasteiger partial charge on any atom is 0.212 e. The number of aromatic nitrogens is 2. The van der Waals surface area contributed by atoms with E-state index in [9.17, 15) is 9.90 Å². The highest BCUT2D eigenvalue weighted by atomic mass is 16.3. The Bertz CT molecular complexity index is 1050. The van der Waals surface area contributed by atoms with Gasteiger partial charge in [0.1, 0.15) is 11.3 Å². The highest BCUT2D eigenvalue weighted by Crippen LogP contribution is 2.24. The predicted octanol–water partition coefficient (Wildman–Crippen LogP) is 3.72. The first-order valence-electron chi connectivity index (χ1n) is 8.04. The van der Waals surface area contributed by atoms with Crippen LogP contribution in [0.15, 0.2) is 79.1 Å². The number of fused-ring (bicyclic) bond motifs is 1. The molecule has 0 atom stereocenters. The predicted molar refractivity (Wildman–Crippen MR) is 96.4 cm³/mol. The molecule has 4 rings (SSSR count). The van der Waals surface area contributed by atoms with Gasteiger partial charge in [-0.05, 0) is 28.8 Å². The number of ketones is 1. The van der Waals surface area contributed by atoms with Gasteiger partial charge in [-0.15, -0.1) is 0 Å². The van der Waals surface area contributed by atoms with E-state index in [-0.39, 0.29) is 12.4 Å². The van der Waals surface area contributed by atoms with Crippen molar-refractivity contribution >= 4 is 11.4 Å². The SMILES string of the molecule is O=C(c1ccccc1)c1cn2cc(-c3ccccc3CO)ccc2n1. The van der Waals surface area contributed by atoms with Crippen molar-refractivity contribution in [1.82, 2.24) is 9.38 Å². The summed E-state index contributed by atoms with van der Waals surface area (Å²) >= 11 is 0. The zero-order valence-electron chi connectivity index (χ0n) is 13.5. The van der Waals surface area contributed by atoms with E-state index < -0.39 is 0 Å². The number of aliphatic hydroxyl groups is 1. The largest absolute Gasteiger partial charge is 0.392 e. The molecule has 4 nitrogen and oxygen atoms in total. The Morgan fingerprint density at radius 2 is 1.68 bits per heavy atom. The lowest BCUT2D eigenvalue weighted by atomic mass is 10.0. The average Bonchev–Trinajstić information content (AvgIpc) is 3.11. The molecule has 122 valence electrons. The van der Waals surface area contributed by atoms with Gasteiger partial charge in [0, 0.05) is 18.0 Å². The third-order valence-electron chi connectivity index (χ3n) is 4.22. The van der Waals surface area contributed by atoms with E-state index in [1.807, 2.05) is 65.2 Å². The second kappa shape index (κ2) is 6.34. The van der Waals surface area contributed by atoms with Crippen molar-refractivity contribution in [3.05, 3.63) is 95.9 Å². The van der Waals surface area contributed by atoms with Gasteiger partial charge in [0.05, 0.1) is 6.61 Å². The number of imidazole rings is 1. The molecule has 0 saturated heterocycles. The Balaban J connectivity index is 1.76. The first kappa shape index (κ1) is 15.3. The number of carbonyl (C=O) groups is 1. The van der Waals surface area contributed by atoms with Crippen LogP contribution in [0.5, 0.6) is 0 Å². The van der Waals surface area contributed by atoms with Gasteiger partial charge in [0.25, 0.3) is 0 Å². The van der Waals surface area contributed by atoms with E-state index in [0.29, 0.717) is 16.9 Å². The van der Waals surface area contributed by atoms with Gasteiger partial charge in [-0.25, -0.2) is 4.98 Å². The highest BCUT2D eigenvalue weighted by Gasteiger charge is 2.13. The van der Waals surface area contributed by atoms with Crippen molar-refractivity contribution in [1.29, 1.82) is 0 Å². The van der Waals surface area contributed by atoms with Gasteiger partial charge in [-0.1, -0.05) is 54.6 Å². The van der Waals surface area contributed by atoms with Crippen molar-refractivity contribution in [3.8, 4) is 11.1 Å². The van der Waals surface area contributed by atoms with Crippen LogP contribution in [0.3, 0.4) is 0 Å². The quantitative estimate of drug-likeness (QED) is 0.581. The monoisotopic (exact) mass is 328 g/mol. The summed E-state index contributed by atoms with van der Waals surface area (Å²) in [6, 6.07) is 20.7. The minimum Gasteiger partial charge on any atom is -0.392 e. The van der Waals surface area contributed by atoms with Gasteiger partial charge in [0.2, 0.25) is 5.78 Å². The van der Waals surface area contributed by atoms with Gasteiger partial charge in [0.15, 0.2) is 0 Å². The van der Waals surface area contributed by atoms with Crippen LogP contribution in [-0.4, -0.2) is 20.3 Å². The molecule has 2 heterocycles. The van der Waals surface area contributed by atoms with E-state index in [2.05, 4.69) is 4.98 Å². The number of aliphatic hydroxyl groups excluding tert-OH is 1. The molecule has 0 aliphatic heterocycles. The molecule has 1 N–H and O–H groups in total. The molecule has 0 saturated carbocycles. The molecule has 0 unspecified atom stereocenters. The molecule has 0 amide bonds. The average molecular weight is 328 g/mol. The molecule has 2 aromatic heterocycles. The van der Waals surface area contributed by atoms with E-state index >= 15 is 0 Å². The Hall–Kier alpha value is -3.24. The molecule has 0 fully saturated rings. The Morgan fingerprint density at radius 1 is 0.920 bits per heavy atom. The van der Waals surface area contributed by atoms with Crippen LogP contribution in [0.4, 0.5) is 0 Å². The van der Waals surface area contributed by atoms with Crippen LogP contribution < -0.4 is 0 Å². The summed E-state index contributed by atoms with van der Waals surface area (Å²) in [4.78, 5) is 17.0. The third kappa shape index (κ3) is 2.84. The third-order valence-corrected chi connectivity index (χ3v) is 4.22. The number of rotatable bonds is 4. The number of hydrogen-bond acceptors (Lipinski definition) is 3. The first-order valence-corrected chi connectivity index (χ1v) is 8.04. The zero-order valence-corrected chi connectivity index (χ0v) is 13.5. The molecule has 2 aromatic carbocycles. The van der Waals surface area contributed by atoms with Crippen LogP contribution in [0.25, 0.3) is 16.8 Å². The number of pyridine rings is 1. The fourth-order valence-electron chi connectivity index (χ4n) is 2.94.